The number of nitrogens with one attached hydrogen (secondary N) is 2. The van der Waals surface area contributed by atoms with E-state index < -0.39 is 17.8 Å². The van der Waals surface area contributed by atoms with E-state index in [0.29, 0.717) is 21.3 Å². The molecule has 0 fully saturated rings. The minimum Gasteiger partial charge on any atom is -0.373 e. The number of aromatic nitrogens is 2. The second-order valence-corrected chi connectivity index (χ2v) is 6.16. The molecule has 25 heavy (non-hydrogen) atoms. The average molecular weight is 386 g/mol. The number of alkyl halides is 3. The summed E-state index contributed by atoms with van der Waals surface area (Å²) in [5.74, 6) is 0. The van der Waals surface area contributed by atoms with Crippen molar-refractivity contribution in [1.29, 1.82) is 0 Å². The molecule has 1 heterocycles. The summed E-state index contributed by atoms with van der Waals surface area (Å²) >= 11 is 12.1. The Morgan fingerprint density at radius 3 is 2.52 bits per heavy atom. The average Bonchev–Trinajstić information content (AvgIpc) is 3.09. The van der Waals surface area contributed by atoms with Gasteiger partial charge in [-0.3, -0.25) is 5.10 Å². The van der Waals surface area contributed by atoms with E-state index in [1.54, 1.807) is 24.3 Å². The molecule has 1 atom stereocenters. The van der Waals surface area contributed by atoms with E-state index in [9.17, 15) is 13.2 Å². The molecule has 0 spiro atoms. The molecule has 2 aromatic carbocycles. The highest BCUT2D eigenvalue weighted by molar-refractivity contribution is 6.35. The van der Waals surface area contributed by atoms with Gasteiger partial charge in [-0.25, -0.2) is 0 Å². The lowest BCUT2D eigenvalue weighted by atomic mass is 9.95. The molecular weight excluding hydrogens is 374 g/mol. The van der Waals surface area contributed by atoms with Crippen LogP contribution in [0.25, 0.3) is 0 Å². The molecule has 0 saturated heterocycles. The normalized spacial score (nSPS) is 12.8. The third-order valence-corrected chi connectivity index (χ3v) is 4.22. The van der Waals surface area contributed by atoms with E-state index in [2.05, 4.69) is 15.5 Å². The zero-order chi connectivity index (χ0) is 18.0. The predicted octanol–water partition coefficient (Wildman–Crippen LogP) is 5.94. The molecule has 0 bridgehead atoms. The fourth-order valence-corrected chi connectivity index (χ4v) is 2.87. The summed E-state index contributed by atoms with van der Waals surface area (Å²) in [5, 5.41) is 10.3. The maximum Gasteiger partial charge on any atom is 0.416 e. The van der Waals surface area contributed by atoms with Gasteiger partial charge in [-0.15, -0.1) is 0 Å². The van der Waals surface area contributed by atoms with Gasteiger partial charge in [-0.1, -0.05) is 41.4 Å². The highest BCUT2D eigenvalue weighted by Gasteiger charge is 2.35. The Kier molecular flexibility index (Phi) is 4.92. The molecule has 0 saturated carbocycles. The van der Waals surface area contributed by atoms with Gasteiger partial charge in [0.05, 0.1) is 28.5 Å². The van der Waals surface area contributed by atoms with Crippen molar-refractivity contribution in [2.45, 2.75) is 12.2 Å². The SMILES string of the molecule is FC(F)(F)c1ccccc1C(Nc1cc(Cl)ccc1Cl)c1cn[nH]c1. The van der Waals surface area contributed by atoms with Gasteiger partial charge in [0, 0.05) is 16.8 Å². The van der Waals surface area contributed by atoms with Crippen LogP contribution in [0.15, 0.2) is 54.9 Å². The van der Waals surface area contributed by atoms with Crippen LogP contribution in [0.5, 0.6) is 0 Å². The van der Waals surface area contributed by atoms with Crippen molar-refractivity contribution in [1.82, 2.24) is 10.2 Å². The van der Waals surface area contributed by atoms with Crippen LogP contribution in [0.1, 0.15) is 22.7 Å². The number of aromatic amines is 1. The van der Waals surface area contributed by atoms with Gasteiger partial charge < -0.3 is 5.32 Å². The lowest BCUT2D eigenvalue weighted by molar-refractivity contribution is -0.138. The van der Waals surface area contributed by atoms with Crippen molar-refractivity contribution >= 4 is 28.9 Å². The molecule has 0 aliphatic carbocycles. The Morgan fingerprint density at radius 1 is 1.08 bits per heavy atom. The van der Waals surface area contributed by atoms with Crippen LogP contribution in [0.2, 0.25) is 10.0 Å². The van der Waals surface area contributed by atoms with Crippen LogP contribution in [-0.2, 0) is 6.18 Å². The van der Waals surface area contributed by atoms with Crippen LogP contribution in [0.3, 0.4) is 0 Å². The Hall–Kier alpha value is -2.18. The number of H-pyrrole nitrogens is 1. The molecule has 0 aliphatic rings. The highest BCUT2D eigenvalue weighted by Crippen LogP contribution is 2.39. The molecule has 1 unspecified atom stereocenters. The lowest BCUT2D eigenvalue weighted by Gasteiger charge is -2.23. The number of hydrogen-bond donors (Lipinski definition) is 2. The van der Waals surface area contributed by atoms with Gasteiger partial charge >= 0.3 is 6.18 Å². The maximum atomic E-state index is 13.4. The molecule has 0 radical (unpaired) electrons. The summed E-state index contributed by atoms with van der Waals surface area (Å²) in [6.07, 6.45) is -1.50. The van der Waals surface area contributed by atoms with Crippen molar-refractivity contribution in [2.75, 3.05) is 5.32 Å². The van der Waals surface area contributed by atoms with E-state index in [0.717, 1.165) is 6.07 Å². The summed E-state index contributed by atoms with van der Waals surface area (Å²) in [6, 6.07) is 9.31. The number of benzene rings is 2. The van der Waals surface area contributed by atoms with Gasteiger partial charge in [0.1, 0.15) is 0 Å². The van der Waals surface area contributed by atoms with Crippen molar-refractivity contribution in [3.8, 4) is 0 Å². The molecule has 0 aliphatic heterocycles. The largest absolute Gasteiger partial charge is 0.416 e. The molecule has 3 aromatic rings. The molecule has 8 heteroatoms. The number of nitrogens with zero attached hydrogens (tertiary/aromatic N) is 1. The number of hydrogen-bond acceptors (Lipinski definition) is 2. The predicted molar refractivity (Wildman–Crippen MR) is 92.0 cm³/mol. The topological polar surface area (TPSA) is 40.7 Å². The zero-order valence-electron chi connectivity index (χ0n) is 12.6. The first kappa shape index (κ1) is 17.6. The van der Waals surface area contributed by atoms with Crippen LogP contribution in [0.4, 0.5) is 18.9 Å². The minimum absolute atomic E-state index is 0.0624. The second-order valence-electron chi connectivity index (χ2n) is 5.32. The van der Waals surface area contributed by atoms with Gasteiger partial charge in [0.15, 0.2) is 0 Å². The molecule has 0 amide bonds. The highest BCUT2D eigenvalue weighted by atomic mass is 35.5. The standard InChI is InChI=1S/C17H12Cl2F3N3/c18-11-5-6-14(19)15(7-11)25-16(10-8-23-24-9-10)12-3-1-2-4-13(12)17(20,21)22/h1-9,16,25H,(H,23,24). The van der Waals surface area contributed by atoms with Crippen LogP contribution < -0.4 is 5.32 Å². The molecule has 1 aromatic heterocycles. The first-order chi connectivity index (χ1) is 11.9. The third-order valence-electron chi connectivity index (χ3n) is 3.66. The fraction of sp³-hybridized carbons (Fsp3) is 0.118. The quantitative estimate of drug-likeness (QED) is 0.583. The minimum atomic E-state index is -4.49. The molecular formula is C17H12Cl2F3N3. The Balaban J connectivity index is 2.11. The van der Waals surface area contributed by atoms with Crippen molar-refractivity contribution in [3.63, 3.8) is 0 Å². The van der Waals surface area contributed by atoms with Crippen molar-refractivity contribution in [2.24, 2.45) is 0 Å². The Bertz CT molecular complexity index is 864. The van der Waals surface area contributed by atoms with E-state index >= 15 is 0 Å². The van der Waals surface area contributed by atoms with Crippen LogP contribution in [-0.4, -0.2) is 10.2 Å². The molecule has 3 nitrogen and oxygen atoms in total. The zero-order valence-corrected chi connectivity index (χ0v) is 14.1. The van der Waals surface area contributed by atoms with E-state index in [4.69, 9.17) is 23.2 Å². The summed E-state index contributed by atoms with van der Waals surface area (Å²) in [5.41, 5.74) is 0.296. The van der Waals surface area contributed by atoms with Gasteiger partial charge in [0.25, 0.3) is 0 Å². The molecule has 3 rings (SSSR count). The smallest absolute Gasteiger partial charge is 0.373 e. The van der Waals surface area contributed by atoms with Gasteiger partial charge in [-0.2, -0.15) is 18.3 Å². The third kappa shape index (κ3) is 3.91. The molecule has 130 valence electrons. The van der Waals surface area contributed by atoms with Gasteiger partial charge in [-0.05, 0) is 29.8 Å². The van der Waals surface area contributed by atoms with Gasteiger partial charge in [0.2, 0.25) is 0 Å². The Labute approximate surface area is 151 Å². The summed E-state index contributed by atoms with van der Waals surface area (Å²) in [6.45, 7) is 0. The lowest BCUT2D eigenvalue weighted by Crippen LogP contribution is -2.18. The van der Waals surface area contributed by atoms with Crippen LogP contribution >= 0.6 is 23.2 Å². The van der Waals surface area contributed by atoms with Crippen LogP contribution in [0, 0.1) is 0 Å². The van der Waals surface area contributed by atoms with Crippen molar-refractivity contribution < 1.29 is 13.2 Å². The van der Waals surface area contributed by atoms with E-state index in [1.807, 2.05) is 0 Å². The molecule has 2 N–H and O–H groups in total. The first-order valence-electron chi connectivity index (χ1n) is 7.22. The van der Waals surface area contributed by atoms with E-state index in [1.165, 1.54) is 24.5 Å². The summed E-state index contributed by atoms with van der Waals surface area (Å²) in [7, 11) is 0. The van der Waals surface area contributed by atoms with Crippen molar-refractivity contribution in [3.05, 3.63) is 81.6 Å². The number of halogens is 5. The summed E-state index contributed by atoms with van der Waals surface area (Å²) < 4.78 is 40.3. The number of anilines is 1. The maximum absolute atomic E-state index is 13.4. The van der Waals surface area contributed by atoms with E-state index in [-0.39, 0.29) is 5.56 Å². The number of rotatable bonds is 4. The summed E-state index contributed by atoms with van der Waals surface area (Å²) in [4.78, 5) is 0. The monoisotopic (exact) mass is 385 g/mol. The fourth-order valence-electron chi connectivity index (χ4n) is 2.53. The second kappa shape index (κ2) is 6.98. The Morgan fingerprint density at radius 2 is 1.84 bits per heavy atom. The first-order valence-corrected chi connectivity index (χ1v) is 7.98.